The van der Waals surface area contributed by atoms with Gasteiger partial charge in [-0.05, 0) is 32.6 Å². The Labute approximate surface area is 150 Å². The molecule has 0 aliphatic carbocycles. The number of amides is 1. The zero-order valence-electron chi connectivity index (χ0n) is 14.5. The predicted octanol–water partition coefficient (Wildman–Crippen LogP) is 1.90. The largest absolute Gasteiger partial charge is 0.331 e. The first-order chi connectivity index (χ1) is 12.1. The van der Waals surface area contributed by atoms with Gasteiger partial charge in [0.1, 0.15) is 12.4 Å². The van der Waals surface area contributed by atoms with Gasteiger partial charge in [0.25, 0.3) is 0 Å². The van der Waals surface area contributed by atoms with Crippen LogP contribution in [0.5, 0.6) is 0 Å². The Morgan fingerprint density at radius 2 is 2.12 bits per heavy atom. The zero-order valence-corrected chi connectivity index (χ0v) is 15.3. The van der Waals surface area contributed by atoms with Gasteiger partial charge in [-0.2, -0.15) is 0 Å². The van der Waals surface area contributed by atoms with Crippen LogP contribution in [-0.4, -0.2) is 36.7 Å². The lowest BCUT2D eigenvalue weighted by atomic mass is 10.2. The fraction of sp³-hybridized carbons (Fsp3) is 0.647. The van der Waals surface area contributed by atoms with Crippen LogP contribution in [0.4, 0.5) is 0 Å². The highest BCUT2D eigenvalue weighted by atomic mass is 32.1. The third-order valence-corrected chi connectivity index (χ3v) is 6.16. The highest BCUT2D eigenvalue weighted by Gasteiger charge is 2.34. The van der Waals surface area contributed by atoms with Crippen molar-refractivity contribution in [2.75, 3.05) is 6.54 Å². The highest BCUT2D eigenvalue weighted by Crippen LogP contribution is 2.32. The quantitative estimate of drug-likeness (QED) is 0.837. The summed E-state index contributed by atoms with van der Waals surface area (Å²) < 4.78 is 3.79. The van der Waals surface area contributed by atoms with Gasteiger partial charge in [-0.15, -0.1) is 10.2 Å². The molecule has 7 nitrogen and oxygen atoms in total. The maximum absolute atomic E-state index is 12.9. The van der Waals surface area contributed by atoms with Crippen LogP contribution in [0.25, 0.3) is 0 Å². The lowest BCUT2D eigenvalue weighted by Crippen LogP contribution is -2.36. The fourth-order valence-corrected chi connectivity index (χ4v) is 4.64. The molecule has 0 N–H and O–H groups in total. The fourth-order valence-electron chi connectivity index (χ4n) is 3.91. The summed E-state index contributed by atoms with van der Waals surface area (Å²) >= 11 is 1.15. The molecule has 2 aliphatic rings. The Bertz CT molecular complexity index is 836. The van der Waals surface area contributed by atoms with Gasteiger partial charge >= 0.3 is 4.87 Å². The molecule has 0 spiro atoms. The topological polar surface area (TPSA) is 73.0 Å². The van der Waals surface area contributed by atoms with E-state index in [-0.39, 0.29) is 23.4 Å². The molecule has 1 saturated heterocycles. The van der Waals surface area contributed by atoms with E-state index in [1.54, 1.807) is 9.95 Å². The molecule has 2 aromatic rings. The van der Waals surface area contributed by atoms with E-state index in [0.29, 0.717) is 0 Å². The number of nitrogens with zero attached hydrogens (tertiary/aromatic N) is 5. The Morgan fingerprint density at radius 1 is 1.24 bits per heavy atom. The van der Waals surface area contributed by atoms with E-state index in [1.165, 1.54) is 6.42 Å². The van der Waals surface area contributed by atoms with Crippen LogP contribution in [-0.2, 0) is 24.3 Å². The number of carbonyl (C=O) groups is 1. The van der Waals surface area contributed by atoms with Gasteiger partial charge in [0.05, 0.1) is 6.04 Å². The number of rotatable bonds is 3. The van der Waals surface area contributed by atoms with Gasteiger partial charge < -0.3 is 9.47 Å². The van der Waals surface area contributed by atoms with Crippen molar-refractivity contribution < 1.29 is 4.79 Å². The van der Waals surface area contributed by atoms with E-state index in [2.05, 4.69) is 14.8 Å². The molecule has 2 aromatic heterocycles. The highest BCUT2D eigenvalue weighted by molar-refractivity contribution is 7.07. The normalized spacial score (nSPS) is 20.5. The summed E-state index contributed by atoms with van der Waals surface area (Å²) in [6.07, 6.45) is 6.37. The summed E-state index contributed by atoms with van der Waals surface area (Å²) in [6.45, 7) is 3.65. The van der Waals surface area contributed by atoms with Crippen molar-refractivity contribution in [3.05, 3.63) is 32.4 Å². The lowest BCUT2D eigenvalue weighted by molar-refractivity contribution is -0.133. The molecule has 4 rings (SSSR count). The molecule has 134 valence electrons. The summed E-state index contributed by atoms with van der Waals surface area (Å²) in [4.78, 5) is 26.6. The Balaban J connectivity index is 1.58. The second kappa shape index (κ2) is 6.74. The zero-order chi connectivity index (χ0) is 17.4. The smallest absolute Gasteiger partial charge is 0.307 e. The molecule has 0 aromatic carbocycles. The summed E-state index contributed by atoms with van der Waals surface area (Å²) in [7, 11) is 0. The van der Waals surface area contributed by atoms with Crippen LogP contribution in [0.15, 0.2) is 10.2 Å². The summed E-state index contributed by atoms with van der Waals surface area (Å²) in [6, 6.07) is -0.0125. The third-order valence-electron chi connectivity index (χ3n) is 5.28. The van der Waals surface area contributed by atoms with Crippen LogP contribution in [0, 0.1) is 6.92 Å². The first-order valence-electron chi connectivity index (χ1n) is 9.01. The van der Waals surface area contributed by atoms with Crippen LogP contribution in [0.2, 0.25) is 0 Å². The van der Waals surface area contributed by atoms with Gasteiger partial charge in [-0.3, -0.25) is 14.2 Å². The van der Waals surface area contributed by atoms with Crippen molar-refractivity contribution in [3.63, 3.8) is 0 Å². The van der Waals surface area contributed by atoms with Crippen LogP contribution in [0.1, 0.15) is 55.5 Å². The molecule has 0 saturated carbocycles. The monoisotopic (exact) mass is 361 g/mol. The van der Waals surface area contributed by atoms with E-state index in [1.807, 2.05) is 11.8 Å². The first kappa shape index (κ1) is 16.5. The minimum atomic E-state index is -0.0714. The average molecular weight is 361 g/mol. The molecule has 4 heterocycles. The first-order valence-corrected chi connectivity index (χ1v) is 9.89. The molecule has 1 amide bonds. The van der Waals surface area contributed by atoms with Crippen LogP contribution >= 0.6 is 11.3 Å². The summed E-state index contributed by atoms with van der Waals surface area (Å²) in [5.74, 6) is 1.98. The molecule has 25 heavy (non-hydrogen) atoms. The van der Waals surface area contributed by atoms with Crippen molar-refractivity contribution in [1.82, 2.24) is 24.2 Å². The van der Waals surface area contributed by atoms with Crippen molar-refractivity contribution in [3.8, 4) is 0 Å². The molecular weight excluding hydrogens is 338 g/mol. The second-order valence-electron chi connectivity index (χ2n) is 6.91. The molecule has 8 heteroatoms. The number of hydrogen-bond donors (Lipinski definition) is 0. The summed E-state index contributed by atoms with van der Waals surface area (Å²) in [5.41, 5.74) is 0.843. The predicted molar refractivity (Wildman–Crippen MR) is 94.6 cm³/mol. The molecule has 0 bridgehead atoms. The number of thiazole rings is 1. The second-order valence-corrected chi connectivity index (χ2v) is 7.73. The standard InChI is InChI=1S/C17H23N5O2S/c1-12-11-25-17(24)22(12)10-15(23)20-9-5-6-13(20)16-19-18-14-7-3-2-4-8-21(14)16/h11,13H,2-10H2,1H3/t13-/m1/s1. The van der Waals surface area contributed by atoms with Gasteiger partial charge in [0, 0.05) is 30.6 Å². The molecular formula is C17H23N5O2S. The van der Waals surface area contributed by atoms with Gasteiger partial charge in [-0.25, -0.2) is 0 Å². The van der Waals surface area contributed by atoms with E-state index in [9.17, 15) is 9.59 Å². The minimum Gasteiger partial charge on any atom is -0.331 e. The van der Waals surface area contributed by atoms with E-state index in [0.717, 1.165) is 73.9 Å². The van der Waals surface area contributed by atoms with E-state index >= 15 is 0 Å². The molecule has 0 unspecified atom stereocenters. The Hall–Kier alpha value is -1.96. The van der Waals surface area contributed by atoms with Crippen LogP contribution in [0.3, 0.4) is 0 Å². The average Bonchev–Trinajstić information content (AvgIpc) is 3.26. The maximum Gasteiger partial charge on any atom is 0.307 e. The van der Waals surface area contributed by atoms with Gasteiger partial charge in [0.15, 0.2) is 5.82 Å². The molecule has 2 aliphatic heterocycles. The van der Waals surface area contributed by atoms with Gasteiger partial charge in [-0.1, -0.05) is 17.8 Å². The Kier molecular flexibility index (Phi) is 4.45. The minimum absolute atomic E-state index is 0.00271. The van der Waals surface area contributed by atoms with Crippen molar-refractivity contribution in [2.45, 2.75) is 64.6 Å². The third kappa shape index (κ3) is 3.03. The van der Waals surface area contributed by atoms with E-state index < -0.39 is 0 Å². The lowest BCUT2D eigenvalue weighted by Gasteiger charge is -2.25. The van der Waals surface area contributed by atoms with Crippen molar-refractivity contribution in [1.29, 1.82) is 0 Å². The van der Waals surface area contributed by atoms with Crippen molar-refractivity contribution >= 4 is 17.2 Å². The van der Waals surface area contributed by atoms with Crippen molar-refractivity contribution in [2.24, 2.45) is 0 Å². The number of likely N-dealkylation sites (tertiary alicyclic amines) is 1. The van der Waals surface area contributed by atoms with E-state index in [4.69, 9.17) is 0 Å². The Morgan fingerprint density at radius 3 is 2.92 bits per heavy atom. The molecule has 1 atom stereocenters. The number of carbonyl (C=O) groups excluding carboxylic acids is 1. The van der Waals surface area contributed by atoms with Crippen LogP contribution < -0.4 is 4.87 Å². The maximum atomic E-state index is 12.9. The molecule has 0 radical (unpaired) electrons. The summed E-state index contributed by atoms with van der Waals surface area (Å²) in [5, 5.41) is 10.6. The number of hydrogen-bond acceptors (Lipinski definition) is 5. The molecule has 1 fully saturated rings. The number of aromatic nitrogens is 4. The number of fused-ring (bicyclic) bond motifs is 1. The SMILES string of the molecule is Cc1csc(=O)n1CC(=O)N1CCC[C@@H]1c1nnc2n1CCCCC2. The number of aryl methyl sites for hydroxylation is 2. The van der Waals surface area contributed by atoms with Gasteiger partial charge in [0.2, 0.25) is 5.91 Å².